The molecule has 0 saturated heterocycles. The first-order valence-electron chi connectivity index (χ1n) is 4.84. The first kappa shape index (κ1) is 16.9. The van der Waals surface area contributed by atoms with Gasteiger partial charge in [-0.25, -0.2) is 0 Å². The van der Waals surface area contributed by atoms with E-state index < -0.39 is 0 Å². The number of carbonyl (C=O) groups is 1. The molecule has 0 aliphatic heterocycles. The second kappa shape index (κ2) is 19.1. The summed E-state index contributed by atoms with van der Waals surface area (Å²) in [5.74, 6) is 0. The van der Waals surface area contributed by atoms with Crippen LogP contribution in [0.2, 0.25) is 0 Å². The van der Waals surface area contributed by atoms with E-state index in [0.717, 1.165) is 0 Å². The first-order valence-corrected chi connectivity index (χ1v) is 4.84. The molecule has 6 nitrogen and oxygen atoms in total. The molecule has 0 rings (SSSR count). The molecule has 0 aliphatic carbocycles. The number of nitrogens with two attached hydrogens (primary N) is 2. The van der Waals surface area contributed by atoms with Crippen molar-refractivity contribution in [3.8, 4) is 0 Å². The molecule has 0 heterocycles. The van der Waals surface area contributed by atoms with Crippen LogP contribution in [-0.2, 0) is 19.0 Å². The Labute approximate surface area is 90.8 Å². The van der Waals surface area contributed by atoms with Gasteiger partial charge in [-0.05, 0) is 0 Å². The average molecular weight is 222 g/mol. The van der Waals surface area contributed by atoms with Gasteiger partial charge in [-0.1, -0.05) is 0 Å². The normalized spacial score (nSPS) is 9.47. The lowest BCUT2D eigenvalue weighted by Crippen LogP contribution is -2.15. The summed E-state index contributed by atoms with van der Waals surface area (Å²) in [5.41, 5.74) is 10.5. The van der Waals surface area contributed by atoms with E-state index in [-0.39, 0.29) is 0 Å². The van der Waals surface area contributed by atoms with E-state index in [1.165, 1.54) is 0 Å². The van der Waals surface area contributed by atoms with Crippen molar-refractivity contribution < 1.29 is 19.0 Å². The van der Waals surface area contributed by atoms with E-state index >= 15 is 0 Å². The molecular formula is C9H22N2O4. The van der Waals surface area contributed by atoms with Crippen LogP contribution in [0.15, 0.2) is 0 Å². The topological polar surface area (TPSA) is 96.8 Å². The Bertz CT molecular complexity index is 96.1. The molecule has 0 aromatic carbocycles. The molecule has 0 fully saturated rings. The van der Waals surface area contributed by atoms with Crippen molar-refractivity contribution in [1.82, 2.24) is 0 Å². The molecule has 0 unspecified atom stereocenters. The standard InChI is InChI=1S/C8H20N2O3.CH2O/c9-1-3-11-5-7-13-8-6-12-4-2-10;1-2/h1-10H2;1H2. The average Bonchev–Trinajstić information content (AvgIpc) is 2.30. The van der Waals surface area contributed by atoms with E-state index in [1.807, 2.05) is 6.79 Å². The number of hydrogen-bond donors (Lipinski definition) is 2. The van der Waals surface area contributed by atoms with Crippen molar-refractivity contribution in [3.05, 3.63) is 0 Å². The Hall–Kier alpha value is -0.530. The predicted molar refractivity (Wildman–Crippen MR) is 57.7 cm³/mol. The smallest absolute Gasteiger partial charge is 0.106 e. The summed E-state index contributed by atoms with van der Waals surface area (Å²) in [5, 5.41) is 0. The fraction of sp³-hybridized carbons (Fsp3) is 0.889. The zero-order valence-corrected chi connectivity index (χ0v) is 9.15. The fourth-order valence-electron chi connectivity index (χ4n) is 0.709. The van der Waals surface area contributed by atoms with Crippen molar-refractivity contribution in [2.45, 2.75) is 0 Å². The van der Waals surface area contributed by atoms with E-state index in [9.17, 15) is 0 Å². The van der Waals surface area contributed by atoms with Gasteiger partial charge >= 0.3 is 0 Å². The second-order valence-electron chi connectivity index (χ2n) is 2.41. The monoisotopic (exact) mass is 222 g/mol. The van der Waals surface area contributed by atoms with Crippen LogP contribution in [0.5, 0.6) is 0 Å². The highest BCUT2D eigenvalue weighted by atomic mass is 16.5. The van der Waals surface area contributed by atoms with Gasteiger partial charge in [0.25, 0.3) is 0 Å². The van der Waals surface area contributed by atoms with Crippen LogP contribution in [0.25, 0.3) is 0 Å². The van der Waals surface area contributed by atoms with Crippen molar-refractivity contribution in [1.29, 1.82) is 0 Å². The predicted octanol–water partition coefficient (Wildman–Crippen LogP) is -1.23. The lowest BCUT2D eigenvalue weighted by molar-refractivity contribution is -0.0979. The minimum Gasteiger partial charge on any atom is -0.378 e. The molecule has 92 valence electrons. The van der Waals surface area contributed by atoms with Gasteiger partial charge in [0.1, 0.15) is 6.79 Å². The molecule has 0 bridgehead atoms. The van der Waals surface area contributed by atoms with E-state index in [2.05, 4.69) is 0 Å². The third-order valence-corrected chi connectivity index (χ3v) is 1.27. The highest BCUT2D eigenvalue weighted by Gasteiger charge is 1.89. The Kier molecular flexibility index (Phi) is 21.5. The summed E-state index contributed by atoms with van der Waals surface area (Å²) in [7, 11) is 0. The lowest BCUT2D eigenvalue weighted by atomic mass is 10.7. The number of carbonyl (C=O) groups excluding carboxylic acids is 1. The maximum absolute atomic E-state index is 8.00. The Morgan fingerprint density at radius 3 is 1.20 bits per heavy atom. The van der Waals surface area contributed by atoms with Crippen LogP contribution in [0.4, 0.5) is 0 Å². The maximum atomic E-state index is 8.00. The minimum atomic E-state index is 0.555. The van der Waals surface area contributed by atoms with Crippen molar-refractivity contribution in [2.75, 3.05) is 52.7 Å². The Morgan fingerprint density at radius 2 is 0.933 bits per heavy atom. The van der Waals surface area contributed by atoms with Gasteiger partial charge in [0.2, 0.25) is 0 Å². The molecule has 0 aliphatic rings. The lowest BCUT2D eigenvalue weighted by Gasteiger charge is -2.05. The summed E-state index contributed by atoms with van der Waals surface area (Å²) in [6, 6.07) is 0. The summed E-state index contributed by atoms with van der Waals surface area (Å²) >= 11 is 0. The zero-order chi connectivity index (χ0) is 11.8. The number of hydrogen-bond acceptors (Lipinski definition) is 6. The molecule has 0 saturated carbocycles. The molecule has 0 aromatic heterocycles. The summed E-state index contributed by atoms with van der Waals surface area (Å²) in [6.07, 6.45) is 0. The third kappa shape index (κ3) is 19.8. The molecule has 0 spiro atoms. The van der Waals surface area contributed by atoms with Crippen LogP contribution in [-0.4, -0.2) is 59.5 Å². The summed E-state index contributed by atoms with van der Waals surface area (Å²) in [6.45, 7) is 6.65. The number of ether oxygens (including phenoxy) is 3. The van der Waals surface area contributed by atoms with Crippen LogP contribution < -0.4 is 11.5 Å². The van der Waals surface area contributed by atoms with Gasteiger partial charge < -0.3 is 30.5 Å². The van der Waals surface area contributed by atoms with Gasteiger partial charge in [0.15, 0.2) is 0 Å². The molecule has 4 N–H and O–H groups in total. The SMILES string of the molecule is C=O.NCCOCCOCCOCCN. The maximum Gasteiger partial charge on any atom is 0.106 e. The van der Waals surface area contributed by atoms with E-state index in [1.54, 1.807) is 0 Å². The Morgan fingerprint density at radius 1 is 0.667 bits per heavy atom. The van der Waals surface area contributed by atoms with Crippen LogP contribution in [0.3, 0.4) is 0 Å². The molecular weight excluding hydrogens is 200 g/mol. The molecule has 0 atom stereocenters. The zero-order valence-electron chi connectivity index (χ0n) is 9.15. The van der Waals surface area contributed by atoms with E-state index in [4.69, 9.17) is 30.5 Å². The van der Waals surface area contributed by atoms with Gasteiger partial charge in [-0.2, -0.15) is 0 Å². The van der Waals surface area contributed by atoms with Gasteiger partial charge in [-0.15, -0.1) is 0 Å². The molecule has 6 heteroatoms. The second-order valence-corrected chi connectivity index (χ2v) is 2.41. The molecule has 0 aromatic rings. The van der Waals surface area contributed by atoms with E-state index in [0.29, 0.717) is 52.7 Å². The van der Waals surface area contributed by atoms with Gasteiger partial charge in [0, 0.05) is 13.1 Å². The highest BCUT2D eigenvalue weighted by molar-refractivity contribution is 5.10. The largest absolute Gasteiger partial charge is 0.378 e. The van der Waals surface area contributed by atoms with Crippen LogP contribution >= 0.6 is 0 Å². The molecule has 15 heavy (non-hydrogen) atoms. The highest BCUT2D eigenvalue weighted by Crippen LogP contribution is 1.79. The minimum absolute atomic E-state index is 0.555. The van der Waals surface area contributed by atoms with Crippen molar-refractivity contribution >= 4 is 6.79 Å². The van der Waals surface area contributed by atoms with Gasteiger partial charge in [0.05, 0.1) is 39.6 Å². The van der Waals surface area contributed by atoms with Crippen molar-refractivity contribution in [2.24, 2.45) is 11.5 Å². The Balaban J connectivity index is 0. The van der Waals surface area contributed by atoms with Crippen LogP contribution in [0.1, 0.15) is 0 Å². The first-order chi connectivity index (χ1) is 7.41. The number of rotatable bonds is 10. The molecule has 0 amide bonds. The van der Waals surface area contributed by atoms with Crippen molar-refractivity contribution in [3.63, 3.8) is 0 Å². The van der Waals surface area contributed by atoms with Crippen LogP contribution in [0, 0.1) is 0 Å². The fourth-order valence-corrected chi connectivity index (χ4v) is 0.709. The summed E-state index contributed by atoms with van der Waals surface area (Å²) in [4.78, 5) is 8.00. The summed E-state index contributed by atoms with van der Waals surface area (Å²) < 4.78 is 15.4. The molecule has 0 radical (unpaired) electrons. The van der Waals surface area contributed by atoms with Gasteiger partial charge in [-0.3, -0.25) is 0 Å². The third-order valence-electron chi connectivity index (χ3n) is 1.27. The quantitative estimate of drug-likeness (QED) is 0.449.